The maximum absolute atomic E-state index is 5.55. The van der Waals surface area contributed by atoms with Crippen LogP contribution >= 0.6 is 0 Å². The molecule has 0 aliphatic carbocycles. The zero-order valence-corrected chi connectivity index (χ0v) is 8.74. The van der Waals surface area contributed by atoms with Crippen molar-refractivity contribution in [1.29, 1.82) is 0 Å². The van der Waals surface area contributed by atoms with Crippen LogP contribution in [-0.2, 0) is 4.74 Å². The van der Waals surface area contributed by atoms with Gasteiger partial charge in [-0.25, -0.2) is 0 Å². The first-order valence-electron chi connectivity index (χ1n) is 5.33. The number of nitrogens with zero attached hydrogens (tertiary/aromatic N) is 4. The van der Waals surface area contributed by atoms with Crippen LogP contribution < -0.4 is 4.74 Å². The second-order valence-corrected chi connectivity index (χ2v) is 3.75. The molecule has 1 atom stereocenters. The number of ether oxygens (including phenoxy) is 2. The van der Waals surface area contributed by atoms with Crippen LogP contribution in [0.5, 0.6) is 5.88 Å². The summed E-state index contributed by atoms with van der Waals surface area (Å²) in [7, 11) is 0. The molecule has 0 amide bonds. The Balaban J connectivity index is 1.68. The molecule has 2 aromatic heterocycles. The van der Waals surface area contributed by atoms with Gasteiger partial charge in [-0.05, 0) is 18.9 Å². The molecule has 1 saturated heterocycles. The van der Waals surface area contributed by atoms with Crippen LogP contribution in [0.2, 0.25) is 0 Å². The predicted octanol–water partition coefficient (Wildman–Crippen LogP) is 0.682. The number of hydrogen-bond donors (Lipinski definition) is 0. The van der Waals surface area contributed by atoms with E-state index in [1.54, 1.807) is 16.9 Å². The Bertz CT molecular complexity index is 478. The third-order valence-corrected chi connectivity index (χ3v) is 2.58. The van der Waals surface area contributed by atoms with Gasteiger partial charge >= 0.3 is 0 Å². The van der Waals surface area contributed by atoms with Crippen LogP contribution in [0.25, 0.3) is 5.65 Å². The Morgan fingerprint density at radius 3 is 3.38 bits per heavy atom. The topological polar surface area (TPSA) is 61.5 Å². The molecule has 0 saturated carbocycles. The zero-order chi connectivity index (χ0) is 10.8. The lowest BCUT2D eigenvalue weighted by molar-refractivity contribution is 0.0659. The van der Waals surface area contributed by atoms with Crippen molar-refractivity contribution in [3.8, 4) is 5.88 Å². The van der Waals surface area contributed by atoms with E-state index in [1.165, 1.54) is 0 Å². The van der Waals surface area contributed by atoms with Gasteiger partial charge in [-0.2, -0.15) is 4.52 Å². The van der Waals surface area contributed by atoms with Gasteiger partial charge in [0.1, 0.15) is 12.9 Å². The highest BCUT2D eigenvalue weighted by Gasteiger charge is 2.16. The number of fused-ring (bicyclic) bond motifs is 1. The van der Waals surface area contributed by atoms with E-state index in [1.807, 2.05) is 6.07 Å². The maximum atomic E-state index is 5.55. The van der Waals surface area contributed by atoms with Crippen molar-refractivity contribution in [3.05, 3.63) is 18.5 Å². The van der Waals surface area contributed by atoms with Gasteiger partial charge in [-0.3, -0.25) is 0 Å². The van der Waals surface area contributed by atoms with Gasteiger partial charge in [-0.15, -0.1) is 15.3 Å². The number of hydrogen-bond acceptors (Lipinski definition) is 5. The van der Waals surface area contributed by atoms with E-state index < -0.39 is 0 Å². The summed E-state index contributed by atoms with van der Waals surface area (Å²) in [5.74, 6) is 0.572. The summed E-state index contributed by atoms with van der Waals surface area (Å²) in [5, 5.41) is 11.8. The first kappa shape index (κ1) is 9.53. The molecule has 3 rings (SSSR count). The second kappa shape index (κ2) is 4.05. The fourth-order valence-electron chi connectivity index (χ4n) is 1.74. The number of rotatable bonds is 3. The van der Waals surface area contributed by atoms with Gasteiger partial charge in [0.25, 0.3) is 0 Å². The molecule has 1 fully saturated rings. The Kier molecular flexibility index (Phi) is 2.41. The van der Waals surface area contributed by atoms with E-state index >= 15 is 0 Å². The molecule has 2 aromatic rings. The highest BCUT2D eigenvalue weighted by Crippen LogP contribution is 2.14. The largest absolute Gasteiger partial charge is 0.474 e. The lowest BCUT2D eigenvalue weighted by atomic mass is 10.2. The maximum Gasteiger partial charge on any atom is 0.231 e. The summed E-state index contributed by atoms with van der Waals surface area (Å²) in [6.45, 7) is 1.40. The molecule has 0 N–H and O–H groups in total. The minimum Gasteiger partial charge on any atom is -0.474 e. The van der Waals surface area contributed by atoms with Gasteiger partial charge in [0.15, 0.2) is 5.65 Å². The SMILES string of the molecule is c1cc2nncn2nc1OCC1CCCO1. The molecule has 1 unspecified atom stereocenters. The van der Waals surface area contributed by atoms with Crippen LogP contribution in [0.3, 0.4) is 0 Å². The van der Waals surface area contributed by atoms with Crippen LogP contribution in [0, 0.1) is 0 Å². The first-order valence-corrected chi connectivity index (χ1v) is 5.33. The minimum atomic E-state index is 0.207. The fourth-order valence-corrected chi connectivity index (χ4v) is 1.74. The third kappa shape index (κ3) is 1.83. The molecule has 0 radical (unpaired) electrons. The molecular weight excluding hydrogens is 208 g/mol. The lowest BCUT2D eigenvalue weighted by Crippen LogP contribution is -2.17. The van der Waals surface area contributed by atoms with Crippen molar-refractivity contribution < 1.29 is 9.47 Å². The smallest absolute Gasteiger partial charge is 0.231 e. The van der Waals surface area contributed by atoms with Crippen molar-refractivity contribution in [3.63, 3.8) is 0 Å². The molecule has 1 aliphatic rings. The zero-order valence-electron chi connectivity index (χ0n) is 8.74. The summed E-state index contributed by atoms with van der Waals surface area (Å²) in [5.41, 5.74) is 0.712. The van der Waals surface area contributed by atoms with Crippen molar-refractivity contribution in [2.45, 2.75) is 18.9 Å². The Morgan fingerprint density at radius 2 is 2.50 bits per heavy atom. The van der Waals surface area contributed by atoms with Crippen molar-refractivity contribution >= 4 is 5.65 Å². The first-order chi connectivity index (χ1) is 7.92. The average Bonchev–Trinajstić information content (AvgIpc) is 2.97. The molecule has 84 valence electrons. The molecule has 6 nitrogen and oxygen atoms in total. The van der Waals surface area contributed by atoms with Crippen molar-refractivity contribution in [2.75, 3.05) is 13.2 Å². The molecule has 3 heterocycles. The quantitative estimate of drug-likeness (QED) is 0.761. The minimum absolute atomic E-state index is 0.207. The van der Waals surface area contributed by atoms with E-state index in [0.29, 0.717) is 18.1 Å². The van der Waals surface area contributed by atoms with Crippen LogP contribution in [0.15, 0.2) is 18.5 Å². The second-order valence-electron chi connectivity index (χ2n) is 3.75. The summed E-state index contributed by atoms with van der Waals surface area (Å²) in [6.07, 6.45) is 3.94. The fraction of sp³-hybridized carbons (Fsp3) is 0.500. The normalized spacial score (nSPS) is 20.4. The highest BCUT2D eigenvalue weighted by molar-refractivity contribution is 5.35. The summed E-state index contributed by atoms with van der Waals surface area (Å²) in [6, 6.07) is 3.61. The third-order valence-electron chi connectivity index (χ3n) is 2.58. The Hall–Kier alpha value is -1.69. The molecule has 0 aromatic carbocycles. The Morgan fingerprint density at radius 1 is 1.50 bits per heavy atom. The monoisotopic (exact) mass is 220 g/mol. The molecular formula is C10H12N4O2. The van der Waals surface area contributed by atoms with Crippen LogP contribution in [0.1, 0.15) is 12.8 Å². The standard InChI is InChI=1S/C10H12N4O2/c1-2-8(15-5-1)6-16-10-4-3-9-12-11-7-14(9)13-10/h3-4,7-8H,1-2,5-6H2. The van der Waals surface area contributed by atoms with Gasteiger partial charge in [0.05, 0.1) is 6.10 Å². The van der Waals surface area contributed by atoms with Crippen molar-refractivity contribution in [1.82, 2.24) is 19.8 Å². The van der Waals surface area contributed by atoms with Crippen molar-refractivity contribution in [2.24, 2.45) is 0 Å². The van der Waals surface area contributed by atoms with Gasteiger partial charge in [-0.1, -0.05) is 0 Å². The van der Waals surface area contributed by atoms with E-state index in [-0.39, 0.29) is 6.10 Å². The Labute approximate surface area is 92.2 Å². The van der Waals surface area contributed by atoms with Gasteiger partial charge < -0.3 is 9.47 Å². The van der Waals surface area contributed by atoms with E-state index in [0.717, 1.165) is 19.4 Å². The predicted molar refractivity (Wildman–Crippen MR) is 55.3 cm³/mol. The van der Waals surface area contributed by atoms with Gasteiger partial charge in [0.2, 0.25) is 5.88 Å². The molecule has 16 heavy (non-hydrogen) atoms. The van der Waals surface area contributed by atoms with Crippen LogP contribution in [0.4, 0.5) is 0 Å². The van der Waals surface area contributed by atoms with E-state index in [2.05, 4.69) is 15.3 Å². The summed E-state index contributed by atoms with van der Waals surface area (Å²) >= 11 is 0. The molecule has 6 heteroatoms. The van der Waals surface area contributed by atoms with E-state index in [9.17, 15) is 0 Å². The summed E-state index contributed by atoms with van der Waals surface area (Å²) < 4.78 is 12.6. The summed E-state index contributed by atoms with van der Waals surface area (Å²) in [4.78, 5) is 0. The molecule has 0 bridgehead atoms. The molecule has 1 aliphatic heterocycles. The average molecular weight is 220 g/mol. The lowest BCUT2D eigenvalue weighted by Gasteiger charge is -2.10. The highest BCUT2D eigenvalue weighted by atomic mass is 16.5. The molecule has 0 spiro atoms. The number of aromatic nitrogens is 4. The van der Waals surface area contributed by atoms with Gasteiger partial charge in [0, 0.05) is 12.7 Å². The van der Waals surface area contributed by atoms with Crippen LogP contribution in [-0.4, -0.2) is 39.1 Å². The van der Waals surface area contributed by atoms with E-state index in [4.69, 9.17) is 9.47 Å².